The number of nitrogens with zero attached hydrogens (tertiary/aromatic N) is 1. The van der Waals surface area contributed by atoms with Crippen molar-refractivity contribution in [1.82, 2.24) is 4.98 Å². The number of allylic oxidation sites excluding steroid dienone is 2. The average Bonchev–Trinajstić information content (AvgIpc) is 2.57. The maximum absolute atomic E-state index is 12.3. The first kappa shape index (κ1) is 17.3. The number of aromatic nitrogens is 1. The Morgan fingerprint density at radius 3 is 2.75 bits per heavy atom. The highest BCUT2D eigenvalue weighted by Gasteiger charge is 2.19. The van der Waals surface area contributed by atoms with E-state index in [0.717, 1.165) is 0 Å². The van der Waals surface area contributed by atoms with Gasteiger partial charge in [0.1, 0.15) is 6.61 Å². The van der Waals surface area contributed by atoms with Crippen molar-refractivity contribution >= 4 is 16.6 Å². The molecule has 1 aromatic heterocycles. The molecule has 7 heteroatoms. The molecule has 0 aliphatic rings. The number of pyridine rings is 1. The van der Waals surface area contributed by atoms with Crippen LogP contribution in [0.25, 0.3) is 10.9 Å². The highest BCUT2D eigenvalue weighted by atomic mass is 16.6. The summed E-state index contributed by atoms with van der Waals surface area (Å²) in [6, 6.07) is 4.18. The summed E-state index contributed by atoms with van der Waals surface area (Å²) < 4.78 is 11.3. The van der Waals surface area contributed by atoms with Crippen molar-refractivity contribution in [3.8, 4) is 11.5 Å². The number of rotatable bonds is 7. The third kappa shape index (κ3) is 3.45. The number of nitrogens with one attached hydrogen (secondary N) is 1. The molecule has 126 valence electrons. The van der Waals surface area contributed by atoms with E-state index in [1.54, 1.807) is 6.08 Å². The topological polar surface area (TPSA) is 94.5 Å². The van der Waals surface area contributed by atoms with E-state index in [-0.39, 0.29) is 23.8 Å². The smallest absolute Gasteiger partial charge is 0.294 e. The summed E-state index contributed by atoms with van der Waals surface area (Å²) in [5.74, 6) is 0.910. The van der Waals surface area contributed by atoms with E-state index in [1.807, 2.05) is 13.8 Å². The Labute approximate surface area is 138 Å². The second kappa shape index (κ2) is 7.45. The Hall–Kier alpha value is -3.09. The monoisotopic (exact) mass is 330 g/mol. The van der Waals surface area contributed by atoms with Gasteiger partial charge in [-0.05, 0) is 19.1 Å². The maximum atomic E-state index is 12.3. The van der Waals surface area contributed by atoms with Gasteiger partial charge in [-0.1, -0.05) is 19.6 Å². The lowest BCUT2D eigenvalue weighted by Gasteiger charge is -2.14. The summed E-state index contributed by atoms with van der Waals surface area (Å²) in [4.78, 5) is 25.3. The fourth-order valence-corrected chi connectivity index (χ4v) is 2.19. The second-order valence-electron chi connectivity index (χ2n) is 4.91. The first-order valence-electron chi connectivity index (χ1n) is 7.43. The minimum absolute atomic E-state index is 0.0176. The summed E-state index contributed by atoms with van der Waals surface area (Å²) in [6.07, 6.45) is 3.92. The van der Waals surface area contributed by atoms with Gasteiger partial charge in [-0.3, -0.25) is 14.9 Å². The average molecular weight is 330 g/mol. The molecule has 7 nitrogen and oxygen atoms in total. The first-order chi connectivity index (χ1) is 11.5. The molecule has 0 atom stereocenters. The van der Waals surface area contributed by atoms with Crippen LogP contribution in [0, 0.1) is 10.1 Å². The quantitative estimate of drug-likeness (QED) is 0.361. The fourth-order valence-electron chi connectivity index (χ4n) is 2.19. The van der Waals surface area contributed by atoms with Gasteiger partial charge >= 0.3 is 0 Å². The zero-order valence-corrected chi connectivity index (χ0v) is 13.5. The number of H-pyrrole nitrogens is 1. The molecule has 2 rings (SSSR count). The standard InChI is InChI=1S/C17H18N2O5/c1-4-9-23-16-15(24-12(5-2)6-3)13-8-7-11(19(21)22)10-14(13)18-17(16)20/h4-5,7-8,10H,1,6,9H2,2-3H3,(H,18,20). The Balaban J connectivity index is 2.72. The van der Waals surface area contributed by atoms with Crippen molar-refractivity contribution in [3.63, 3.8) is 0 Å². The van der Waals surface area contributed by atoms with E-state index in [0.29, 0.717) is 23.1 Å². The number of non-ortho nitro benzene ring substituents is 1. The number of hydrogen-bond acceptors (Lipinski definition) is 5. The zero-order chi connectivity index (χ0) is 17.7. The van der Waals surface area contributed by atoms with Crippen molar-refractivity contribution in [2.24, 2.45) is 0 Å². The normalized spacial score (nSPS) is 11.3. The minimum Gasteiger partial charge on any atom is -0.481 e. The van der Waals surface area contributed by atoms with E-state index < -0.39 is 10.5 Å². The third-order valence-corrected chi connectivity index (χ3v) is 3.37. The Bertz CT molecular complexity index is 867. The molecule has 0 aliphatic carbocycles. The fraction of sp³-hybridized carbons (Fsp3) is 0.235. The molecule has 0 radical (unpaired) electrons. The van der Waals surface area contributed by atoms with Gasteiger partial charge in [0.15, 0.2) is 5.75 Å². The van der Waals surface area contributed by atoms with Crippen molar-refractivity contribution in [2.75, 3.05) is 6.61 Å². The summed E-state index contributed by atoms with van der Waals surface area (Å²) in [5.41, 5.74) is -0.335. The molecule has 1 aromatic carbocycles. The van der Waals surface area contributed by atoms with Gasteiger partial charge in [0.25, 0.3) is 11.2 Å². The largest absolute Gasteiger partial charge is 0.481 e. The zero-order valence-electron chi connectivity index (χ0n) is 13.5. The highest BCUT2D eigenvalue weighted by molar-refractivity contribution is 5.89. The van der Waals surface area contributed by atoms with Crippen molar-refractivity contribution < 1.29 is 14.4 Å². The molecule has 0 aliphatic heterocycles. The van der Waals surface area contributed by atoms with E-state index >= 15 is 0 Å². The maximum Gasteiger partial charge on any atom is 0.294 e. The third-order valence-electron chi connectivity index (χ3n) is 3.37. The van der Waals surface area contributed by atoms with Gasteiger partial charge in [-0.25, -0.2) is 0 Å². The molecule has 1 heterocycles. The van der Waals surface area contributed by atoms with Gasteiger partial charge in [-0.15, -0.1) is 0 Å². The second-order valence-corrected chi connectivity index (χ2v) is 4.91. The Kier molecular flexibility index (Phi) is 5.36. The van der Waals surface area contributed by atoms with Crippen LogP contribution in [0.2, 0.25) is 0 Å². The molecule has 24 heavy (non-hydrogen) atoms. The summed E-state index contributed by atoms with van der Waals surface area (Å²) >= 11 is 0. The molecule has 0 fully saturated rings. The molecule has 0 saturated heterocycles. The molecular weight excluding hydrogens is 312 g/mol. The summed E-state index contributed by atoms with van der Waals surface area (Å²) in [5, 5.41) is 11.5. The minimum atomic E-state index is -0.524. The predicted molar refractivity (Wildman–Crippen MR) is 91.6 cm³/mol. The van der Waals surface area contributed by atoms with Crippen LogP contribution in [0.1, 0.15) is 20.3 Å². The lowest BCUT2D eigenvalue weighted by molar-refractivity contribution is -0.384. The van der Waals surface area contributed by atoms with Gasteiger partial charge in [-0.2, -0.15) is 0 Å². The van der Waals surface area contributed by atoms with Gasteiger partial charge in [0.05, 0.1) is 16.2 Å². The molecule has 0 spiro atoms. The molecule has 1 N–H and O–H groups in total. The molecule has 0 unspecified atom stereocenters. The highest BCUT2D eigenvalue weighted by Crippen LogP contribution is 2.35. The van der Waals surface area contributed by atoms with Crippen molar-refractivity contribution in [3.05, 3.63) is 63.2 Å². The number of ether oxygens (including phenoxy) is 2. The Morgan fingerprint density at radius 2 is 2.17 bits per heavy atom. The molecule has 2 aromatic rings. The lowest BCUT2D eigenvalue weighted by Crippen LogP contribution is -2.14. The van der Waals surface area contributed by atoms with Crippen LogP contribution in [0.3, 0.4) is 0 Å². The number of benzene rings is 1. The van der Waals surface area contributed by atoms with Crippen LogP contribution in [-0.4, -0.2) is 16.5 Å². The number of nitro benzene ring substituents is 1. The van der Waals surface area contributed by atoms with Crippen LogP contribution < -0.4 is 15.0 Å². The van der Waals surface area contributed by atoms with Crippen LogP contribution in [0.15, 0.2) is 47.5 Å². The molecule has 0 bridgehead atoms. The van der Waals surface area contributed by atoms with Crippen LogP contribution in [0.5, 0.6) is 11.5 Å². The number of nitro groups is 1. The SMILES string of the molecule is C=CCOc1c(OC(=CC)CC)c2ccc([N+](=O)[O-])cc2[nH]c1=O. The van der Waals surface area contributed by atoms with Gasteiger partial charge in [0, 0.05) is 23.9 Å². The number of hydrogen-bond donors (Lipinski definition) is 1. The molecular formula is C17H18N2O5. The van der Waals surface area contributed by atoms with Gasteiger partial charge in [0.2, 0.25) is 5.75 Å². The van der Waals surface area contributed by atoms with E-state index in [9.17, 15) is 14.9 Å². The summed E-state index contributed by atoms with van der Waals surface area (Å²) in [6.45, 7) is 7.43. The van der Waals surface area contributed by atoms with Gasteiger partial charge < -0.3 is 14.5 Å². The Morgan fingerprint density at radius 1 is 1.42 bits per heavy atom. The number of fused-ring (bicyclic) bond motifs is 1. The lowest BCUT2D eigenvalue weighted by atomic mass is 10.1. The molecule has 0 saturated carbocycles. The van der Waals surface area contributed by atoms with E-state index in [2.05, 4.69) is 11.6 Å². The van der Waals surface area contributed by atoms with Crippen LogP contribution >= 0.6 is 0 Å². The molecule has 0 amide bonds. The van der Waals surface area contributed by atoms with E-state index in [1.165, 1.54) is 24.3 Å². The van der Waals surface area contributed by atoms with Crippen molar-refractivity contribution in [2.45, 2.75) is 20.3 Å². The van der Waals surface area contributed by atoms with E-state index in [4.69, 9.17) is 9.47 Å². The van der Waals surface area contributed by atoms with Crippen LogP contribution in [0.4, 0.5) is 5.69 Å². The van der Waals surface area contributed by atoms with Crippen LogP contribution in [-0.2, 0) is 0 Å². The summed E-state index contributed by atoms with van der Waals surface area (Å²) in [7, 11) is 0. The first-order valence-corrected chi connectivity index (χ1v) is 7.43. The van der Waals surface area contributed by atoms with Crippen molar-refractivity contribution in [1.29, 1.82) is 0 Å². The predicted octanol–water partition coefficient (Wildman–Crippen LogP) is 3.69. The number of aromatic amines is 1.